The summed E-state index contributed by atoms with van der Waals surface area (Å²) in [6.07, 6.45) is 3.36. The molecule has 0 radical (unpaired) electrons. The lowest BCUT2D eigenvalue weighted by Crippen LogP contribution is -2.43. The van der Waals surface area contributed by atoms with Crippen molar-refractivity contribution < 1.29 is 9.84 Å². The number of methoxy groups -OCH3 is 1. The molecule has 1 aromatic heterocycles. The van der Waals surface area contributed by atoms with Gasteiger partial charge in [-0.25, -0.2) is 4.98 Å². The van der Waals surface area contributed by atoms with Crippen LogP contribution in [0.3, 0.4) is 0 Å². The summed E-state index contributed by atoms with van der Waals surface area (Å²) in [6, 6.07) is 0.450. The third kappa shape index (κ3) is 2.68. The van der Waals surface area contributed by atoms with E-state index in [0.717, 1.165) is 41.5 Å². The van der Waals surface area contributed by atoms with Crippen LogP contribution < -0.4 is 4.90 Å². The number of anilines is 1. The Balaban J connectivity index is 2.14. The lowest BCUT2D eigenvalue weighted by atomic mass is 10.0. The smallest absolute Gasteiger partial charge is 0.186 e. The van der Waals surface area contributed by atoms with E-state index >= 15 is 0 Å². The van der Waals surface area contributed by atoms with Gasteiger partial charge in [0.15, 0.2) is 5.13 Å². The molecule has 1 aliphatic rings. The number of aromatic nitrogens is 1. The van der Waals surface area contributed by atoms with E-state index < -0.39 is 0 Å². The Hall–Kier alpha value is -0.650. The van der Waals surface area contributed by atoms with Crippen molar-refractivity contribution in [3.05, 3.63) is 10.6 Å². The Bertz CT molecular complexity index is 373. The molecular weight excluding hydrogens is 248 g/mol. The van der Waals surface area contributed by atoms with E-state index in [-0.39, 0.29) is 6.61 Å². The molecule has 1 fully saturated rings. The number of nitrogens with zero attached hydrogens (tertiary/aromatic N) is 2. The van der Waals surface area contributed by atoms with Crippen LogP contribution in [0.5, 0.6) is 0 Å². The number of rotatable bonds is 4. The highest BCUT2D eigenvalue weighted by atomic mass is 32.1. The molecule has 2 heterocycles. The number of piperidine rings is 1. The molecule has 2 atom stereocenters. The van der Waals surface area contributed by atoms with Crippen molar-refractivity contribution in [2.45, 2.75) is 51.9 Å². The average Bonchev–Trinajstić information content (AvgIpc) is 2.81. The van der Waals surface area contributed by atoms with E-state index in [4.69, 9.17) is 4.74 Å². The molecule has 1 aliphatic heterocycles. The van der Waals surface area contributed by atoms with Gasteiger partial charge in [0, 0.05) is 19.7 Å². The number of aryl methyl sites for hydroxylation is 1. The number of hydrogen-bond acceptors (Lipinski definition) is 5. The summed E-state index contributed by atoms with van der Waals surface area (Å²) >= 11 is 1.63. The Kier molecular flexibility index (Phi) is 4.59. The average molecular weight is 270 g/mol. The Morgan fingerprint density at radius 2 is 2.33 bits per heavy atom. The van der Waals surface area contributed by atoms with Crippen molar-refractivity contribution in [2.75, 3.05) is 18.6 Å². The molecule has 1 saturated heterocycles. The van der Waals surface area contributed by atoms with Crippen LogP contribution in [0.15, 0.2) is 0 Å². The molecule has 0 amide bonds. The summed E-state index contributed by atoms with van der Waals surface area (Å²) in [5.74, 6) is 0. The fourth-order valence-electron chi connectivity index (χ4n) is 2.52. The first-order valence-corrected chi connectivity index (χ1v) is 7.40. The predicted octanol–water partition coefficient (Wildman–Crippen LogP) is 2.20. The van der Waals surface area contributed by atoms with Gasteiger partial charge < -0.3 is 14.7 Å². The maximum atomic E-state index is 9.34. The second-order valence-corrected chi connectivity index (χ2v) is 5.86. The Morgan fingerprint density at radius 3 is 2.83 bits per heavy atom. The quantitative estimate of drug-likeness (QED) is 0.911. The van der Waals surface area contributed by atoms with Crippen LogP contribution >= 0.6 is 11.3 Å². The normalized spacial score (nSPS) is 24.6. The largest absolute Gasteiger partial charge is 0.391 e. The molecular formula is C13H22N2O2S. The fraction of sp³-hybridized carbons (Fsp3) is 0.769. The van der Waals surface area contributed by atoms with E-state index in [0.29, 0.717) is 12.1 Å². The van der Waals surface area contributed by atoms with Crippen LogP contribution in [0.2, 0.25) is 0 Å². The molecule has 18 heavy (non-hydrogen) atoms. The first-order chi connectivity index (χ1) is 8.69. The lowest BCUT2D eigenvalue weighted by Gasteiger charge is -2.36. The van der Waals surface area contributed by atoms with Crippen molar-refractivity contribution in [2.24, 2.45) is 0 Å². The lowest BCUT2D eigenvalue weighted by molar-refractivity contribution is 0.0721. The van der Waals surface area contributed by atoms with Gasteiger partial charge >= 0.3 is 0 Å². The second kappa shape index (κ2) is 5.99. The van der Waals surface area contributed by atoms with Crippen LogP contribution in [-0.4, -0.2) is 35.9 Å². The molecule has 1 aromatic rings. The Labute approximate surface area is 113 Å². The topological polar surface area (TPSA) is 45.6 Å². The van der Waals surface area contributed by atoms with Crippen LogP contribution in [0.25, 0.3) is 0 Å². The summed E-state index contributed by atoms with van der Waals surface area (Å²) in [4.78, 5) is 8.02. The summed E-state index contributed by atoms with van der Waals surface area (Å²) in [7, 11) is 1.79. The van der Waals surface area contributed by atoms with Gasteiger partial charge in [-0.3, -0.25) is 0 Å². The van der Waals surface area contributed by atoms with Crippen LogP contribution in [0, 0.1) is 0 Å². The fourth-order valence-corrected chi connectivity index (χ4v) is 3.66. The molecule has 102 valence electrons. The molecule has 0 aromatic carbocycles. The molecule has 5 heteroatoms. The zero-order valence-corrected chi connectivity index (χ0v) is 12.2. The molecule has 0 bridgehead atoms. The van der Waals surface area contributed by atoms with Crippen molar-refractivity contribution in [3.63, 3.8) is 0 Å². The zero-order valence-electron chi connectivity index (χ0n) is 11.3. The minimum absolute atomic E-state index is 0.101. The number of thiazole rings is 1. The monoisotopic (exact) mass is 270 g/mol. The number of aliphatic hydroxyl groups excluding tert-OH is 1. The molecule has 1 N–H and O–H groups in total. The number of aliphatic hydroxyl groups is 1. The highest BCUT2D eigenvalue weighted by molar-refractivity contribution is 7.15. The molecule has 2 unspecified atom stereocenters. The number of hydrogen-bond donors (Lipinski definition) is 1. The van der Waals surface area contributed by atoms with Crippen LogP contribution in [0.4, 0.5) is 5.13 Å². The molecule has 0 saturated carbocycles. The van der Waals surface area contributed by atoms with Crippen molar-refractivity contribution in [3.8, 4) is 0 Å². The third-order valence-electron chi connectivity index (χ3n) is 3.65. The van der Waals surface area contributed by atoms with Gasteiger partial charge in [0.2, 0.25) is 0 Å². The van der Waals surface area contributed by atoms with Gasteiger partial charge in [-0.15, -0.1) is 0 Å². The number of ether oxygens (including phenoxy) is 1. The van der Waals surface area contributed by atoms with Crippen molar-refractivity contribution >= 4 is 16.5 Å². The standard InChI is InChI=1S/C13H22N2O2S/c1-4-11-12(8-16)18-13(14-11)15-6-5-10(17-3)7-9(15)2/h9-10,16H,4-8H2,1-3H3. The minimum Gasteiger partial charge on any atom is -0.391 e. The molecule has 0 spiro atoms. The van der Waals surface area contributed by atoms with Gasteiger partial charge in [0.1, 0.15) is 0 Å². The van der Waals surface area contributed by atoms with E-state index in [2.05, 4.69) is 23.7 Å². The highest BCUT2D eigenvalue weighted by Gasteiger charge is 2.27. The predicted molar refractivity (Wildman–Crippen MR) is 74.3 cm³/mol. The van der Waals surface area contributed by atoms with E-state index in [1.54, 1.807) is 18.4 Å². The molecule has 2 rings (SSSR count). The van der Waals surface area contributed by atoms with Crippen molar-refractivity contribution in [1.29, 1.82) is 0 Å². The van der Waals surface area contributed by atoms with Gasteiger partial charge in [0.25, 0.3) is 0 Å². The summed E-state index contributed by atoms with van der Waals surface area (Å²) in [5.41, 5.74) is 1.04. The van der Waals surface area contributed by atoms with Gasteiger partial charge in [0.05, 0.1) is 23.3 Å². The van der Waals surface area contributed by atoms with Crippen LogP contribution in [-0.2, 0) is 17.8 Å². The second-order valence-electron chi connectivity index (χ2n) is 4.80. The van der Waals surface area contributed by atoms with Gasteiger partial charge in [-0.1, -0.05) is 18.3 Å². The minimum atomic E-state index is 0.101. The maximum absolute atomic E-state index is 9.34. The zero-order chi connectivity index (χ0) is 13.1. The Morgan fingerprint density at radius 1 is 1.56 bits per heavy atom. The summed E-state index contributed by atoms with van der Waals surface area (Å²) in [6.45, 7) is 5.39. The third-order valence-corrected chi connectivity index (χ3v) is 4.77. The van der Waals surface area contributed by atoms with E-state index in [1.165, 1.54) is 0 Å². The van der Waals surface area contributed by atoms with E-state index in [9.17, 15) is 5.11 Å². The molecule has 0 aliphatic carbocycles. The van der Waals surface area contributed by atoms with Crippen LogP contribution in [0.1, 0.15) is 37.3 Å². The first kappa shape index (κ1) is 13.8. The maximum Gasteiger partial charge on any atom is 0.186 e. The first-order valence-electron chi connectivity index (χ1n) is 6.58. The van der Waals surface area contributed by atoms with E-state index in [1.807, 2.05) is 0 Å². The van der Waals surface area contributed by atoms with Gasteiger partial charge in [-0.2, -0.15) is 0 Å². The summed E-state index contributed by atoms with van der Waals surface area (Å²) in [5, 5.41) is 10.4. The summed E-state index contributed by atoms with van der Waals surface area (Å²) < 4.78 is 5.43. The van der Waals surface area contributed by atoms with Crippen molar-refractivity contribution in [1.82, 2.24) is 4.98 Å². The highest BCUT2D eigenvalue weighted by Crippen LogP contribution is 2.32. The molecule has 4 nitrogen and oxygen atoms in total. The van der Waals surface area contributed by atoms with Gasteiger partial charge in [-0.05, 0) is 26.2 Å². The SMILES string of the molecule is CCc1nc(N2CCC(OC)CC2C)sc1CO.